The quantitative estimate of drug-likeness (QED) is 0.861. The van der Waals surface area contributed by atoms with Gasteiger partial charge in [0.15, 0.2) is 0 Å². The molecule has 0 spiro atoms. The van der Waals surface area contributed by atoms with Gasteiger partial charge in [-0.1, -0.05) is 32.0 Å². The third-order valence-corrected chi connectivity index (χ3v) is 2.67. The van der Waals surface area contributed by atoms with Crippen LogP contribution in [0.15, 0.2) is 24.3 Å². The summed E-state index contributed by atoms with van der Waals surface area (Å²) < 4.78 is 13.6. The van der Waals surface area contributed by atoms with Crippen LogP contribution < -0.4 is 10.6 Å². The van der Waals surface area contributed by atoms with Gasteiger partial charge in [0.2, 0.25) is 5.91 Å². The number of rotatable bonds is 5. The van der Waals surface area contributed by atoms with Crippen LogP contribution in [0.5, 0.6) is 0 Å². The van der Waals surface area contributed by atoms with Gasteiger partial charge in [-0.05, 0) is 18.7 Å². The number of carbonyl (C=O) groups is 1. The van der Waals surface area contributed by atoms with E-state index in [0.717, 1.165) is 0 Å². The van der Waals surface area contributed by atoms with Gasteiger partial charge in [-0.3, -0.25) is 4.79 Å². The van der Waals surface area contributed by atoms with E-state index < -0.39 is 5.41 Å². The SMILES string of the molecule is CNCC(=O)NCC(C)(C)c1ccccc1F.Cl. The van der Waals surface area contributed by atoms with Crippen LogP contribution in [-0.4, -0.2) is 26.0 Å². The molecule has 0 saturated heterocycles. The maximum atomic E-state index is 13.6. The number of carbonyl (C=O) groups excluding carboxylic acids is 1. The minimum absolute atomic E-state index is 0. The number of hydrogen-bond acceptors (Lipinski definition) is 2. The predicted octanol–water partition coefficient (Wildman–Crippen LogP) is 1.86. The number of halogens is 2. The molecule has 0 saturated carbocycles. The lowest BCUT2D eigenvalue weighted by Crippen LogP contribution is -2.40. The summed E-state index contributed by atoms with van der Waals surface area (Å²) >= 11 is 0. The highest BCUT2D eigenvalue weighted by Gasteiger charge is 2.24. The van der Waals surface area contributed by atoms with Crippen molar-refractivity contribution in [2.45, 2.75) is 19.3 Å². The van der Waals surface area contributed by atoms with Crippen molar-refractivity contribution in [3.63, 3.8) is 0 Å². The summed E-state index contributed by atoms with van der Waals surface area (Å²) in [6, 6.07) is 6.65. The van der Waals surface area contributed by atoms with Crippen LogP contribution in [0.1, 0.15) is 19.4 Å². The van der Waals surface area contributed by atoms with Crippen LogP contribution >= 0.6 is 12.4 Å². The van der Waals surface area contributed by atoms with Crippen LogP contribution in [0.4, 0.5) is 4.39 Å². The van der Waals surface area contributed by atoms with Crippen molar-refractivity contribution in [2.75, 3.05) is 20.1 Å². The van der Waals surface area contributed by atoms with Crippen molar-refractivity contribution in [3.05, 3.63) is 35.6 Å². The minimum atomic E-state index is -0.422. The largest absolute Gasteiger partial charge is 0.354 e. The smallest absolute Gasteiger partial charge is 0.233 e. The van der Waals surface area contributed by atoms with E-state index in [-0.39, 0.29) is 30.7 Å². The molecule has 0 unspecified atom stereocenters. The lowest BCUT2D eigenvalue weighted by atomic mass is 9.84. The highest BCUT2D eigenvalue weighted by atomic mass is 35.5. The van der Waals surface area contributed by atoms with Crippen molar-refractivity contribution in [1.29, 1.82) is 0 Å². The van der Waals surface area contributed by atoms with Gasteiger partial charge < -0.3 is 10.6 Å². The molecule has 0 radical (unpaired) electrons. The second-order valence-corrected chi connectivity index (χ2v) is 4.67. The number of amides is 1. The highest BCUT2D eigenvalue weighted by Crippen LogP contribution is 2.24. The fraction of sp³-hybridized carbons (Fsp3) is 0.462. The Morgan fingerprint density at radius 1 is 1.33 bits per heavy atom. The first-order valence-electron chi connectivity index (χ1n) is 5.63. The topological polar surface area (TPSA) is 41.1 Å². The average molecular weight is 275 g/mol. The molecule has 1 aromatic rings. The summed E-state index contributed by atoms with van der Waals surface area (Å²) in [4.78, 5) is 11.3. The lowest BCUT2D eigenvalue weighted by Gasteiger charge is -2.26. The Bertz CT molecular complexity index is 396. The van der Waals surface area contributed by atoms with Gasteiger partial charge in [-0.25, -0.2) is 4.39 Å². The number of hydrogen-bond donors (Lipinski definition) is 2. The molecule has 1 rings (SSSR count). The summed E-state index contributed by atoms with van der Waals surface area (Å²) in [5, 5.41) is 5.55. The van der Waals surface area contributed by atoms with Crippen LogP contribution in [0.3, 0.4) is 0 Å². The third kappa shape index (κ3) is 4.63. The van der Waals surface area contributed by atoms with Crippen LogP contribution in [0.25, 0.3) is 0 Å². The zero-order chi connectivity index (χ0) is 12.9. The molecule has 0 aliphatic rings. The summed E-state index contributed by atoms with van der Waals surface area (Å²) in [6.45, 7) is 4.50. The molecule has 0 aliphatic heterocycles. The van der Waals surface area contributed by atoms with Gasteiger partial charge in [0.05, 0.1) is 6.54 Å². The lowest BCUT2D eigenvalue weighted by molar-refractivity contribution is -0.120. The van der Waals surface area contributed by atoms with E-state index in [2.05, 4.69) is 10.6 Å². The Balaban J connectivity index is 0.00000289. The van der Waals surface area contributed by atoms with Gasteiger partial charge in [0.25, 0.3) is 0 Å². The van der Waals surface area contributed by atoms with E-state index in [1.165, 1.54) is 6.07 Å². The number of nitrogens with one attached hydrogen (secondary N) is 2. The summed E-state index contributed by atoms with van der Waals surface area (Å²) in [7, 11) is 1.71. The molecule has 0 aromatic heterocycles. The number of likely N-dealkylation sites (N-methyl/N-ethyl adjacent to an activating group) is 1. The van der Waals surface area contributed by atoms with E-state index in [4.69, 9.17) is 0 Å². The van der Waals surface area contributed by atoms with Crippen molar-refractivity contribution in [1.82, 2.24) is 10.6 Å². The molecule has 0 atom stereocenters. The normalized spacial score (nSPS) is 10.7. The molecule has 18 heavy (non-hydrogen) atoms. The van der Waals surface area contributed by atoms with E-state index in [0.29, 0.717) is 12.1 Å². The van der Waals surface area contributed by atoms with Gasteiger partial charge in [-0.15, -0.1) is 12.4 Å². The van der Waals surface area contributed by atoms with Crippen molar-refractivity contribution < 1.29 is 9.18 Å². The van der Waals surface area contributed by atoms with E-state index in [9.17, 15) is 9.18 Å². The van der Waals surface area contributed by atoms with E-state index in [1.54, 1.807) is 25.2 Å². The molecule has 1 aromatic carbocycles. The van der Waals surface area contributed by atoms with Crippen LogP contribution in [-0.2, 0) is 10.2 Å². The molecule has 5 heteroatoms. The first-order valence-corrected chi connectivity index (χ1v) is 5.63. The highest BCUT2D eigenvalue weighted by molar-refractivity contribution is 5.85. The third-order valence-electron chi connectivity index (χ3n) is 2.67. The summed E-state index contributed by atoms with van der Waals surface area (Å²) in [5.41, 5.74) is 0.194. The zero-order valence-corrected chi connectivity index (χ0v) is 11.7. The standard InChI is InChI=1S/C13H19FN2O.ClH/c1-13(2,9-16-12(17)8-15-3)10-6-4-5-7-11(10)14;/h4-7,15H,8-9H2,1-3H3,(H,16,17);1H. The van der Waals surface area contributed by atoms with Gasteiger partial charge in [0, 0.05) is 12.0 Å². The molecule has 102 valence electrons. The van der Waals surface area contributed by atoms with E-state index in [1.807, 2.05) is 13.8 Å². The Morgan fingerprint density at radius 2 is 1.94 bits per heavy atom. The first kappa shape index (κ1) is 16.9. The second kappa shape index (κ2) is 7.34. The van der Waals surface area contributed by atoms with Gasteiger partial charge in [-0.2, -0.15) is 0 Å². The first-order chi connectivity index (χ1) is 7.97. The Morgan fingerprint density at radius 3 is 2.50 bits per heavy atom. The molecule has 0 aliphatic carbocycles. The summed E-state index contributed by atoms with van der Waals surface area (Å²) in [5.74, 6) is -0.322. The van der Waals surface area contributed by atoms with Crippen LogP contribution in [0, 0.1) is 5.82 Å². The Hall–Kier alpha value is -1.13. The van der Waals surface area contributed by atoms with Gasteiger partial charge >= 0.3 is 0 Å². The van der Waals surface area contributed by atoms with E-state index >= 15 is 0 Å². The number of benzene rings is 1. The molecule has 3 nitrogen and oxygen atoms in total. The zero-order valence-electron chi connectivity index (χ0n) is 10.9. The Labute approximate surface area is 114 Å². The fourth-order valence-corrected chi connectivity index (χ4v) is 1.65. The molecule has 1 amide bonds. The maximum absolute atomic E-state index is 13.6. The second-order valence-electron chi connectivity index (χ2n) is 4.67. The molecule has 0 bridgehead atoms. The molecule has 0 heterocycles. The van der Waals surface area contributed by atoms with Crippen molar-refractivity contribution >= 4 is 18.3 Å². The Kier molecular flexibility index (Phi) is 6.88. The monoisotopic (exact) mass is 274 g/mol. The fourth-order valence-electron chi connectivity index (χ4n) is 1.65. The van der Waals surface area contributed by atoms with Crippen molar-refractivity contribution in [2.24, 2.45) is 0 Å². The average Bonchev–Trinajstić information content (AvgIpc) is 2.27. The maximum Gasteiger partial charge on any atom is 0.233 e. The molecule has 0 fully saturated rings. The molecule has 2 N–H and O–H groups in total. The van der Waals surface area contributed by atoms with Gasteiger partial charge in [0.1, 0.15) is 5.82 Å². The predicted molar refractivity (Wildman–Crippen MR) is 73.6 cm³/mol. The molecular formula is C13H20ClFN2O. The summed E-state index contributed by atoms with van der Waals surface area (Å²) in [6.07, 6.45) is 0. The van der Waals surface area contributed by atoms with Crippen LogP contribution in [0.2, 0.25) is 0 Å². The minimum Gasteiger partial charge on any atom is -0.354 e. The van der Waals surface area contributed by atoms with Crippen molar-refractivity contribution in [3.8, 4) is 0 Å². The molecular weight excluding hydrogens is 255 g/mol.